The van der Waals surface area contributed by atoms with E-state index >= 15 is 0 Å². The first-order valence-electron chi connectivity index (χ1n) is 7.43. The van der Waals surface area contributed by atoms with Gasteiger partial charge in [-0.2, -0.15) is 0 Å². The highest BCUT2D eigenvalue weighted by atomic mass is 16.6. The molecule has 1 fully saturated rings. The van der Waals surface area contributed by atoms with Gasteiger partial charge in [-0.3, -0.25) is 0 Å². The maximum absolute atomic E-state index is 11.4. The standard InChI is InChI=1S/C18H19NO4/c1-18(12-19-17(20)23-18)14-8-9-15(21-2)16(10-14)22-11-13-6-4-3-5-7-13/h3-10H,11-12H2,1-2H3,(H,19,20)/t18-/m1/s1. The zero-order valence-electron chi connectivity index (χ0n) is 13.2. The molecule has 23 heavy (non-hydrogen) atoms. The van der Waals surface area contributed by atoms with Crippen molar-refractivity contribution in [1.29, 1.82) is 0 Å². The predicted octanol–water partition coefficient (Wildman–Crippen LogP) is 3.23. The molecule has 1 heterocycles. The molecule has 0 spiro atoms. The van der Waals surface area contributed by atoms with Gasteiger partial charge < -0.3 is 19.5 Å². The van der Waals surface area contributed by atoms with Gasteiger partial charge in [-0.25, -0.2) is 4.79 Å². The molecule has 2 aromatic carbocycles. The third kappa shape index (κ3) is 3.23. The molecule has 0 aromatic heterocycles. The van der Waals surface area contributed by atoms with Crippen molar-refractivity contribution in [1.82, 2.24) is 5.32 Å². The molecule has 0 aliphatic carbocycles. The number of benzene rings is 2. The normalized spacial score (nSPS) is 19.8. The molecule has 1 aliphatic heterocycles. The average Bonchev–Trinajstić information content (AvgIpc) is 2.94. The Kier molecular flexibility index (Phi) is 4.10. The summed E-state index contributed by atoms with van der Waals surface area (Å²) >= 11 is 0. The third-order valence-corrected chi connectivity index (χ3v) is 3.90. The Morgan fingerprint density at radius 3 is 2.61 bits per heavy atom. The molecule has 1 aliphatic rings. The van der Waals surface area contributed by atoms with Gasteiger partial charge in [0.25, 0.3) is 0 Å². The molecule has 120 valence electrons. The van der Waals surface area contributed by atoms with Crippen LogP contribution in [0.25, 0.3) is 0 Å². The van der Waals surface area contributed by atoms with Crippen LogP contribution < -0.4 is 14.8 Å². The van der Waals surface area contributed by atoms with Crippen molar-refractivity contribution in [3.8, 4) is 11.5 Å². The Morgan fingerprint density at radius 1 is 1.17 bits per heavy atom. The number of carbonyl (C=O) groups is 1. The van der Waals surface area contributed by atoms with E-state index in [0.29, 0.717) is 24.7 Å². The van der Waals surface area contributed by atoms with Crippen LogP contribution >= 0.6 is 0 Å². The highest BCUT2D eigenvalue weighted by Crippen LogP contribution is 2.35. The molecule has 1 N–H and O–H groups in total. The van der Waals surface area contributed by atoms with Crippen LogP contribution in [0.4, 0.5) is 4.79 Å². The molecule has 0 saturated carbocycles. The Hall–Kier alpha value is -2.69. The van der Waals surface area contributed by atoms with Crippen molar-refractivity contribution in [2.45, 2.75) is 19.1 Å². The van der Waals surface area contributed by atoms with Gasteiger partial charge in [-0.05, 0) is 24.6 Å². The summed E-state index contributed by atoms with van der Waals surface area (Å²) in [5.74, 6) is 1.27. The quantitative estimate of drug-likeness (QED) is 0.921. The van der Waals surface area contributed by atoms with Crippen molar-refractivity contribution in [2.24, 2.45) is 0 Å². The van der Waals surface area contributed by atoms with E-state index < -0.39 is 11.7 Å². The number of rotatable bonds is 5. The lowest BCUT2D eigenvalue weighted by molar-refractivity contribution is 0.0701. The van der Waals surface area contributed by atoms with Crippen molar-refractivity contribution >= 4 is 6.09 Å². The van der Waals surface area contributed by atoms with E-state index in [9.17, 15) is 4.79 Å². The number of amides is 1. The summed E-state index contributed by atoms with van der Waals surface area (Å²) in [5, 5.41) is 2.68. The summed E-state index contributed by atoms with van der Waals surface area (Å²) in [5.41, 5.74) is 1.23. The number of nitrogens with one attached hydrogen (secondary N) is 1. The number of methoxy groups -OCH3 is 1. The molecule has 2 aromatic rings. The minimum absolute atomic E-state index is 0.407. The van der Waals surface area contributed by atoms with Crippen LogP contribution in [-0.4, -0.2) is 19.7 Å². The number of hydrogen-bond donors (Lipinski definition) is 1. The lowest BCUT2D eigenvalue weighted by Gasteiger charge is -2.23. The highest BCUT2D eigenvalue weighted by Gasteiger charge is 2.37. The fourth-order valence-corrected chi connectivity index (χ4v) is 2.53. The lowest BCUT2D eigenvalue weighted by atomic mass is 9.96. The lowest BCUT2D eigenvalue weighted by Crippen LogP contribution is -2.26. The van der Waals surface area contributed by atoms with Gasteiger partial charge in [0.15, 0.2) is 17.1 Å². The van der Waals surface area contributed by atoms with E-state index in [1.807, 2.05) is 55.5 Å². The first kappa shape index (κ1) is 15.2. The van der Waals surface area contributed by atoms with E-state index in [1.54, 1.807) is 7.11 Å². The first-order valence-corrected chi connectivity index (χ1v) is 7.43. The van der Waals surface area contributed by atoms with Crippen LogP contribution in [0.3, 0.4) is 0 Å². The van der Waals surface area contributed by atoms with Gasteiger partial charge in [-0.15, -0.1) is 0 Å². The second kappa shape index (κ2) is 6.20. The molecule has 0 unspecified atom stereocenters. The van der Waals surface area contributed by atoms with Gasteiger partial charge >= 0.3 is 6.09 Å². The van der Waals surface area contributed by atoms with E-state index in [-0.39, 0.29) is 0 Å². The topological polar surface area (TPSA) is 56.8 Å². The number of alkyl carbamates (subject to hydrolysis) is 1. The third-order valence-electron chi connectivity index (χ3n) is 3.90. The van der Waals surface area contributed by atoms with Crippen molar-refractivity contribution in [3.63, 3.8) is 0 Å². The highest BCUT2D eigenvalue weighted by molar-refractivity contribution is 5.70. The molecular weight excluding hydrogens is 294 g/mol. The van der Waals surface area contributed by atoms with Crippen molar-refractivity contribution in [2.75, 3.05) is 13.7 Å². The van der Waals surface area contributed by atoms with Gasteiger partial charge in [0.1, 0.15) is 6.61 Å². The predicted molar refractivity (Wildman–Crippen MR) is 85.6 cm³/mol. The number of carbonyl (C=O) groups excluding carboxylic acids is 1. The zero-order valence-corrected chi connectivity index (χ0v) is 13.2. The van der Waals surface area contributed by atoms with E-state index in [4.69, 9.17) is 14.2 Å². The molecular formula is C18H19NO4. The van der Waals surface area contributed by atoms with Gasteiger partial charge in [0.2, 0.25) is 0 Å². The molecule has 1 saturated heterocycles. The fourth-order valence-electron chi connectivity index (χ4n) is 2.53. The van der Waals surface area contributed by atoms with E-state index in [0.717, 1.165) is 11.1 Å². The van der Waals surface area contributed by atoms with Gasteiger partial charge in [-0.1, -0.05) is 36.4 Å². The van der Waals surface area contributed by atoms with Crippen molar-refractivity contribution in [3.05, 3.63) is 59.7 Å². The molecule has 0 radical (unpaired) electrons. The minimum atomic E-state index is -0.700. The number of hydrogen-bond acceptors (Lipinski definition) is 4. The Labute approximate surface area is 135 Å². The minimum Gasteiger partial charge on any atom is -0.493 e. The Morgan fingerprint density at radius 2 is 1.96 bits per heavy atom. The van der Waals surface area contributed by atoms with Crippen LogP contribution in [0.15, 0.2) is 48.5 Å². The molecule has 5 nitrogen and oxygen atoms in total. The van der Waals surface area contributed by atoms with E-state index in [2.05, 4.69) is 5.32 Å². The summed E-state index contributed by atoms with van der Waals surface area (Å²) in [6.07, 6.45) is -0.407. The van der Waals surface area contributed by atoms with Crippen LogP contribution in [0.1, 0.15) is 18.1 Å². The Bertz CT molecular complexity index is 701. The first-order chi connectivity index (χ1) is 11.1. The summed E-state index contributed by atoms with van der Waals surface area (Å²) < 4.78 is 16.6. The monoisotopic (exact) mass is 313 g/mol. The molecule has 5 heteroatoms. The summed E-state index contributed by atoms with van der Waals surface area (Å²) in [7, 11) is 1.60. The SMILES string of the molecule is COc1ccc([C@@]2(C)CNC(=O)O2)cc1OCc1ccccc1. The summed E-state index contributed by atoms with van der Waals surface area (Å²) in [4.78, 5) is 11.4. The maximum Gasteiger partial charge on any atom is 0.408 e. The average molecular weight is 313 g/mol. The second-order valence-corrected chi connectivity index (χ2v) is 5.61. The summed E-state index contributed by atoms with van der Waals surface area (Å²) in [6, 6.07) is 15.5. The van der Waals surface area contributed by atoms with Crippen LogP contribution in [0.5, 0.6) is 11.5 Å². The fraction of sp³-hybridized carbons (Fsp3) is 0.278. The van der Waals surface area contributed by atoms with Crippen LogP contribution in [-0.2, 0) is 16.9 Å². The smallest absolute Gasteiger partial charge is 0.408 e. The zero-order chi connectivity index (χ0) is 16.3. The summed E-state index contributed by atoms with van der Waals surface area (Å²) in [6.45, 7) is 2.74. The number of cyclic esters (lactones) is 1. The molecule has 0 bridgehead atoms. The molecule has 1 amide bonds. The van der Waals surface area contributed by atoms with E-state index in [1.165, 1.54) is 0 Å². The van der Waals surface area contributed by atoms with Gasteiger partial charge in [0, 0.05) is 5.56 Å². The molecule has 1 atom stereocenters. The molecule has 3 rings (SSSR count). The van der Waals surface area contributed by atoms with Crippen LogP contribution in [0.2, 0.25) is 0 Å². The van der Waals surface area contributed by atoms with Crippen LogP contribution in [0, 0.1) is 0 Å². The van der Waals surface area contributed by atoms with Crippen molar-refractivity contribution < 1.29 is 19.0 Å². The maximum atomic E-state index is 11.4. The van der Waals surface area contributed by atoms with Gasteiger partial charge in [0.05, 0.1) is 13.7 Å². The second-order valence-electron chi connectivity index (χ2n) is 5.61. The Balaban J connectivity index is 1.83. The largest absolute Gasteiger partial charge is 0.493 e. The number of ether oxygens (including phenoxy) is 3.